The van der Waals surface area contributed by atoms with E-state index in [1.54, 1.807) is 12.3 Å². The highest BCUT2D eigenvalue weighted by Gasteiger charge is 2.06. The van der Waals surface area contributed by atoms with Crippen LogP contribution in [-0.2, 0) is 0 Å². The first-order chi connectivity index (χ1) is 9.10. The lowest BCUT2D eigenvalue weighted by Gasteiger charge is -2.11. The van der Waals surface area contributed by atoms with Crippen LogP contribution in [0.25, 0.3) is 0 Å². The molecule has 0 aliphatic carbocycles. The molecule has 0 saturated carbocycles. The number of nitrogens with zero attached hydrogens (tertiary/aromatic N) is 1. The lowest BCUT2D eigenvalue weighted by Crippen LogP contribution is -1.94. The number of aromatic nitrogens is 1. The Hall–Kier alpha value is -1.55. The van der Waals surface area contributed by atoms with Crippen LogP contribution in [0.15, 0.2) is 41.0 Å². The van der Waals surface area contributed by atoms with Gasteiger partial charge in [0.15, 0.2) is 0 Å². The molecule has 0 spiro atoms. The van der Waals surface area contributed by atoms with Crippen LogP contribution in [0.4, 0.5) is 5.69 Å². The summed E-state index contributed by atoms with van der Waals surface area (Å²) in [6.07, 6.45) is 2.71. The van der Waals surface area contributed by atoms with E-state index in [1.807, 2.05) is 12.1 Å². The topological polar surface area (TPSA) is 48.1 Å². The summed E-state index contributed by atoms with van der Waals surface area (Å²) in [7, 11) is 0. The van der Waals surface area contributed by atoms with Gasteiger partial charge in [-0.05, 0) is 52.0 Å². The molecule has 2 N–H and O–H groups in total. The molecule has 1 atom stereocenters. The third kappa shape index (κ3) is 3.47. The van der Waals surface area contributed by atoms with E-state index in [0.29, 0.717) is 17.5 Å². The number of hydrogen-bond acceptors (Lipinski definition) is 3. The van der Waals surface area contributed by atoms with Crippen LogP contribution < -0.4 is 10.5 Å². The van der Waals surface area contributed by atoms with Gasteiger partial charge in [-0.2, -0.15) is 0 Å². The van der Waals surface area contributed by atoms with Crippen molar-refractivity contribution in [2.24, 2.45) is 0 Å². The van der Waals surface area contributed by atoms with Crippen molar-refractivity contribution in [1.82, 2.24) is 4.98 Å². The summed E-state index contributed by atoms with van der Waals surface area (Å²) in [4.78, 5) is 4.15. The van der Waals surface area contributed by atoms with Crippen molar-refractivity contribution in [3.8, 4) is 11.6 Å². The minimum Gasteiger partial charge on any atom is -0.438 e. The van der Waals surface area contributed by atoms with E-state index in [0.717, 1.165) is 16.6 Å². The number of anilines is 1. The highest BCUT2D eigenvalue weighted by Crippen LogP contribution is 2.29. The largest absolute Gasteiger partial charge is 0.438 e. The van der Waals surface area contributed by atoms with Crippen molar-refractivity contribution in [2.45, 2.75) is 26.2 Å². The van der Waals surface area contributed by atoms with E-state index in [9.17, 15) is 0 Å². The fourth-order valence-electron chi connectivity index (χ4n) is 1.73. The quantitative estimate of drug-likeness (QED) is 0.885. The van der Waals surface area contributed by atoms with E-state index in [4.69, 9.17) is 10.5 Å². The van der Waals surface area contributed by atoms with Gasteiger partial charge in [-0.3, -0.25) is 0 Å². The van der Waals surface area contributed by atoms with Gasteiger partial charge in [0.1, 0.15) is 5.75 Å². The summed E-state index contributed by atoms with van der Waals surface area (Å²) in [5.74, 6) is 1.85. The maximum atomic E-state index is 5.72. The van der Waals surface area contributed by atoms with Crippen molar-refractivity contribution >= 4 is 21.6 Å². The Morgan fingerprint density at radius 1 is 1.32 bits per heavy atom. The highest BCUT2D eigenvalue weighted by atomic mass is 79.9. The summed E-state index contributed by atoms with van der Waals surface area (Å²) in [5.41, 5.74) is 7.56. The Morgan fingerprint density at radius 2 is 2.00 bits per heavy atom. The number of pyridine rings is 1. The molecule has 100 valence electrons. The molecule has 4 heteroatoms. The Bertz CT molecular complexity index is 555. The lowest BCUT2D eigenvalue weighted by atomic mass is 9.99. The van der Waals surface area contributed by atoms with Crippen molar-refractivity contribution < 1.29 is 4.74 Å². The SMILES string of the molecule is CCC(C)c1ccc(Oc2ncc(N)cc2Br)cc1. The Kier molecular flexibility index (Phi) is 4.43. The number of nitrogens with two attached hydrogens (primary N) is 1. The number of hydrogen-bond donors (Lipinski definition) is 1. The summed E-state index contributed by atoms with van der Waals surface area (Å²) in [5, 5.41) is 0. The fraction of sp³-hybridized carbons (Fsp3) is 0.267. The summed E-state index contributed by atoms with van der Waals surface area (Å²) < 4.78 is 6.47. The molecule has 0 aliphatic rings. The van der Waals surface area contributed by atoms with Gasteiger partial charge in [-0.25, -0.2) is 4.98 Å². The summed E-state index contributed by atoms with van der Waals surface area (Å²) >= 11 is 3.39. The second kappa shape index (κ2) is 6.06. The first-order valence-corrected chi connectivity index (χ1v) is 7.08. The number of nitrogen functional groups attached to an aromatic ring is 1. The third-order valence-electron chi connectivity index (χ3n) is 3.10. The van der Waals surface area contributed by atoms with Gasteiger partial charge in [0.05, 0.1) is 16.4 Å². The minimum absolute atomic E-state index is 0.519. The van der Waals surface area contributed by atoms with Gasteiger partial charge in [-0.15, -0.1) is 0 Å². The van der Waals surface area contributed by atoms with Crippen molar-refractivity contribution in [3.05, 3.63) is 46.6 Å². The molecule has 0 saturated heterocycles. The van der Waals surface area contributed by atoms with Crippen molar-refractivity contribution in [3.63, 3.8) is 0 Å². The lowest BCUT2D eigenvalue weighted by molar-refractivity contribution is 0.459. The average molecular weight is 321 g/mol. The van der Waals surface area contributed by atoms with Crippen LogP contribution in [-0.4, -0.2) is 4.98 Å². The molecule has 0 radical (unpaired) electrons. The molecule has 0 bridgehead atoms. The smallest absolute Gasteiger partial charge is 0.233 e. The van der Waals surface area contributed by atoms with Gasteiger partial charge in [0.2, 0.25) is 5.88 Å². The van der Waals surface area contributed by atoms with E-state index in [2.05, 4.69) is 46.9 Å². The molecular weight excluding hydrogens is 304 g/mol. The van der Waals surface area contributed by atoms with Gasteiger partial charge < -0.3 is 10.5 Å². The van der Waals surface area contributed by atoms with Gasteiger partial charge in [0.25, 0.3) is 0 Å². The Labute approximate surface area is 121 Å². The number of halogens is 1. The molecule has 0 amide bonds. The first kappa shape index (κ1) is 13.9. The molecule has 1 unspecified atom stereocenters. The maximum absolute atomic E-state index is 5.72. The minimum atomic E-state index is 0.519. The number of ether oxygens (including phenoxy) is 1. The molecule has 2 aromatic rings. The van der Waals surface area contributed by atoms with Crippen LogP contribution in [0, 0.1) is 0 Å². The van der Waals surface area contributed by atoms with Gasteiger partial charge in [0, 0.05) is 0 Å². The Morgan fingerprint density at radius 3 is 2.58 bits per heavy atom. The van der Waals surface area contributed by atoms with Crippen molar-refractivity contribution in [2.75, 3.05) is 5.73 Å². The molecular formula is C15H17BrN2O. The fourth-order valence-corrected chi connectivity index (χ4v) is 2.17. The van der Waals surface area contributed by atoms with E-state index in [-0.39, 0.29) is 0 Å². The molecule has 0 aliphatic heterocycles. The van der Waals surface area contributed by atoms with Gasteiger partial charge >= 0.3 is 0 Å². The monoisotopic (exact) mass is 320 g/mol. The standard InChI is InChI=1S/C15H17BrN2O/c1-3-10(2)11-4-6-13(7-5-11)19-15-14(16)8-12(17)9-18-15/h4-10H,3,17H2,1-2H3. The zero-order chi connectivity index (χ0) is 13.8. The van der Waals surface area contributed by atoms with E-state index < -0.39 is 0 Å². The normalized spacial score (nSPS) is 12.2. The van der Waals surface area contributed by atoms with Crippen LogP contribution in [0.2, 0.25) is 0 Å². The first-order valence-electron chi connectivity index (χ1n) is 6.29. The van der Waals surface area contributed by atoms with Crippen molar-refractivity contribution in [1.29, 1.82) is 0 Å². The molecule has 1 heterocycles. The van der Waals surface area contributed by atoms with Gasteiger partial charge in [-0.1, -0.05) is 26.0 Å². The average Bonchev–Trinajstić information content (AvgIpc) is 2.42. The zero-order valence-electron chi connectivity index (χ0n) is 11.1. The molecule has 1 aromatic carbocycles. The van der Waals surface area contributed by atoms with Crippen LogP contribution >= 0.6 is 15.9 Å². The highest BCUT2D eigenvalue weighted by molar-refractivity contribution is 9.10. The molecule has 19 heavy (non-hydrogen) atoms. The maximum Gasteiger partial charge on any atom is 0.233 e. The summed E-state index contributed by atoms with van der Waals surface area (Å²) in [6.45, 7) is 4.40. The molecule has 0 fully saturated rings. The van der Waals surface area contributed by atoms with Crippen LogP contribution in [0.1, 0.15) is 31.7 Å². The predicted molar refractivity (Wildman–Crippen MR) is 81.6 cm³/mol. The number of benzene rings is 1. The third-order valence-corrected chi connectivity index (χ3v) is 3.67. The van der Waals surface area contributed by atoms with Crippen LogP contribution in [0.5, 0.6) is 11.6 Å². The predicted octanol–water partition coefficient (Wildman–Crippen LogP) is 4.73. The molecule has 1 aromatic heterocycles. The number of rotatable bonds is 4. The molecule has 2 rings (SSSR count). The Balaban J connectivity index is 2.15. The zero-order valence-corrected chi connectivity index (χ0v) is 12.6. The van der Waals surface area contributed by atoms with E-state index in [1.165, 1.54) is 5.56 Å². The van der Waals surface area contributed by atoms with Crippen LogP contribution in [0.3, 0.4) is 0 Å². The summed E-state index contributed by atoms with van der Waals surface area (Å²) in [6, 6.07) is 9.89. The molecule has 3 nitrogen and oxygen atoms in total. The second-order valence-corrected chi connectivity index (χ2v) is 5.39. The van der Waals surface area contributed by atoms with E-state index >= 15 is 0 Å². The second-order valence-electron chi connectivity index (χ2n) is 4.54.